The minimum Gasteiger partial charge on any atom is -0.489 e. The molecule has 0 aliphatic heterocycles. The first-order valence-electron chi connectivity index (χ1n) is 7.61. The maximum atomic E-state index is 11.2. The Morgan fingerprint density at radius 1 is 1.12 bits per heavy atom. The van der Waals surface area contributed by atoms with Gasteiger partial charge in [0.1, 0.15) is 18.6 Å². The van der Waals surface area contributed by atoms with Crippen LogP contribution in [0.1, 0.15) is 29.2 Å². The number of ether oxygens (including phenoxy) is 1. The summed E-state index contributed by atoms with van der Waals surface area (Å²) in [5.41, 5.74) is 2.50. The summed E-state index contributed by atoms with van der Waals surface area (Å²) in [6, 6.07) is 19.0. The van der Waals surface area contributed by atoms with Crippen LogP contribution in [0.15, 0.2) is 71.4 Å². The summed E-state index contributed by atoms with van der Waals surface area (Å²) in [5.74, 6) is -0.574. The van der Waals surface area contributed by atoms with Gasteiger partial charge >= 0.3 is 5.97 Å². The molecule has 0 radical (unpaired) electrons. The third kappa shape index (κ3) is 4.01. The zero-order valence-corrected chi connectivity index (χ0v) is 13.0. The average Bonchev–Trinajstić information content (AvgIpc) is 3.13. The molecule has 0 aliphatic rings. The van der Waals surface area contributed by atoms with Crippen LogP contribution in [0.2, 0.25) is 0 Å². The summed E-state index contributed by atoms with van der Waals surface area (Å²) in [4.78, 5) is 11.2. The highest BCUT2D eigenvalue weighted by atomic mass is 16.5. The van der Waals surface area contributed by atoms with Gasteiger partial charge in [-0.15, -0.1) is 0 Å². The van der Waals surface area contributed by atoms with E-state index in [0.29, 0.717) is 18.1 Å². The van der Waals surface area contributed by atoms with Crippen LogP contribution < -0.4 is 4.74 Å². The highest BCUT2D eigenvalue weighted by Crippen LogP contribution is 2.29. The number of benzene rings is 2. The Morgan fingerprint density at radius 2 is 1.96 bits per heavy atom. The van der Waals surface area contributed by atoms with Crippen molar-refractivity contribution in [3.8, 4) is 5.75 Å². The first-order chi connectivity index (χ1) is 11.7. The molecule has 0 spiro atoms. The molecule has 0 fully saturated rings. The summed E-state index contributed by atoms with van der Waals surface area (Å²) >= 11 is 0. The number of aliphatic carboxylic acids is 1. The second-order valence-corrected chi connectivity index (χ2v) is 5.42. The predicted octanol–water partition coefficient (Wildman–Crippen LogP) is 3.86. The van der Waals surface area contributed by atoms with Crippen LogP contribution in [-0.2, 0) is 11.4 Å². The molecule has 0 saturated carbocycles. The molecule has 1 N–H and O–H groups in total. The number of carboxylic acid groups (broad SMARTS) is 1. The van der Waals surface area contributed by atoms with Crippen LogP contribution >= 0.6 is 0 Å². The van der Waals surface area contributed by atoms with Gasteiger partial charge in [-0.25, -0.2) is 0 Å². The van der Waals surface area contributed by atoms with Gasteiger partial charge in [0.25, 0.3) is 0 Å². The van der Waals surface area contributed by atoms with E-state index in [9.17, 15) is 9.90 Å². The Labute approximate surface area is 139 Å². The summed E-state index contributed by atoms with van der Waals surface area (Å²) < 4.78 is 10.7. The predicted molar refractivity (Wildman–Crippen MR) is 87.8 cm³/mol. The third-order valence-electron chi connectivity index (χ3n) is 3.70. The van der Waals surface area contributed by atoms with E-state index < -0.39 is 5.97 Å². The molecule has 0 saturated heterocycles. The number of hydrogen-bond acceptors (Lipinski definition) is 4. The molecule has 1 heterocycles. The number of carbonyl (C=O) groups is 1. The lowest BCUT2D eigenvalue weighted by molar-refractivity contribution is -0.137. The van der Waals surface area contributed by atoms with E-state index >= 15 is 0 Å². The van der Waals surface area contributed by atoms with Crippen molar-refractivity contribution in [2.45, 2.75) is 18.9 Å². The fourth-order valence-electron chi connectivity index (χ4n) is 2.53. The van der Waals surface area contributed by atoms with E-state index in [4.69, 9.17) is 9.26 Å². The molecule has 1 atom stereocenters. The van der Waals surface area contributed by atoms with Crippen molar-refractivity contribution in [3.63, 3.8) is 0 Å². The fourth-order valence-corrected chi connectivity index (χ4v) is 2.53. The Bertz CT molecular complexity index is 784. The number of aromatic nitrogens is 1. The topological polar surface area (TPSA) is 72.6 Å². The Kier molecular flexibility index (Phi) is 4.91. The van der Waals surface area contributed by atoms with Crippen LogP contribution in [-0.4, -0.2) is 16.2 Å². The zero-order chi connectivity index (χ0) is 16.8. The molecule has 24 heavy (non-hydrogen) atoms. The highest BCUT2D eigenvalue weighted by Gasteiger charge is 2.21. The van der Waals surface area contributed by atoms with Gasteiger partial charge < -0.3 is 14.4 Å². The molecule has 2 aromatic carbocycles. The smallest absolute Gasteiger partial charge is 0.304 e. The van der Waals surface area contributed by atoms with Gasteiger partial charge in [0.05, 0.1) is 12.1 Å². The van der Waals surface area contributed by atoms with Crippen LogP contribution in [0.5, 0.6) is 5.75 Å². The quantitative estimate of drug-likeness (QED) is 0.715. The molecule has 1 aromatic heterocycles. The van der Waals surface area contributed by atoms with E-state index in [1.807, 2.05) is 54.6 Å². The average molecular weight is 323 g/mol. The lowest BCUT2D eigenvalue weighted by Gasteiger charge is -2.14. The molecular weight excluding hydrogens is 306 g/mol. The molecule has 3 rings (SSSR count). The molecule has 5 nitrogen and oxygen atoms in total. The van der Waals surface area contributed by atoms with Gasteiger partial charge in [-0.3, -0.25) is 4.79 Å². The second kappa shape index (κ2) is 7.46. The molecule has 3 aromatic rings. The van der Waals surface area contributed by atoms with E-state index in [2.05, 4.69) is 5.16 Å². The lowest BCUT2D eigenvalue weighted by Crippen LogP contribution is -2.08. The fraction of sp³-hybridized carbons (Fsp3) is 0.158. The van der Waals surface area contributed by atoms with E-state index in [-0.39, 0.29) is 12.3 Å². The summed E-state index contributed by atoms with van der Waals surface area (Å²) in [6.45, 7) is 0.456. The molecule has 0 amide bonds. The van der Waals surface area contributed by atoms with E-state index in [1.165, 1.54) is 6.26 Å². The number of nitrogens with zero attached hydrogens (tertiary/aromatic N) is 1. The van der Waals surface area contributed by atoms with Crippen molar-refractivity contribution in [2.24, 2.45) is 0 Å². The maximum absolute atomic E-state index is 11.2. The van der Waals surface area contributed by atoms with Gasteiger partial charge in [-0.1, -0.05) is 47.6 Å². The van der Waals surface area contributed by atoms with Crippen molar-refractivity contribution in [1.82, 2.24) is 5.16 Å². The second-order valence-electron chi connectivity index (χ2n) is 5.42. The normalized spacial score (nSPS) is 11.8. The SMILES string of the molecule is O=C(O)CC(c1cccc(OCc2ccccc2)c1)c1ccon1. The standard InChI is InChI=1S/C19H17NO4/c21-19(22)12-17(18-9-10-24-20-18)15-7-4-8-16(11-15)23-13-14-5-2-1-3-6-14/h1-11,17H,12-13H2,(H,21,22). The van der Waals surface area contributed by atoms with Crippen LogP contribution in [0, 0.1) is 0 Å². The first kappa shape index (κ1) is 15.8. The minimum absolute atomic E-state index is 0.0608. The van der Waals surface area contributed by atoms with Crippen molar-refractivity contribution in [2.75, 3.05) is 0 Å². The molecule has 0 bridgehead atoms. The molecule has 122 valence electrons. The largest absolute Gasteiger partial charge is 0.489 e. The van der Waals surface area contributed by atoms with Crippen LogP contribution in [0.25, 0.3) is 0 Å². The summed E-state index contributed by atoms with van der Waals surface area (Å²) in [7, 11) is 0. The molecule has 5 heteroatoms. The van der Waals surface area contributed by atoms with Gasteiger partial charge in [-0.05, 0) is 23.3 Å². The van der Waals surface area contributed by atoms with E-state index in [1.54, 1.807) is 6.07 Å². The van der Waals surface area contributed by atoms with Crippen LogP contribution in [0.4, 0.5) is 0 Å². The monoisotopic (exact) mass is 323 g/mol. The lowest BCUT2D eigenvalue weighted by atomic mass is 9.92. The van der Waals surface area contributed by atoms with Gasteiger partial charge in [0, 0.05) is 12.0 Å². The van der Waals surface area contributed by atoms with Crippen LogP contribution in [0.3, 0.4) is 0 Å². The van der Waals surface area contributed by atoms with Crippen molar-refractivity contribution in [1.29, 1.82) is 0 Å². The Balaban J connectivity index is 1.78. The molecular formula is C19H17NO4. The van der Waals surface area contributed by atoms with Crippen molar-refractivity contribution in [3.05, 3.63) is 83.7 Å². The summed E-state index contributed by atoms with van der Waals surface area (Å²) in [5, 5.41) is 13.1. The molecule has 0 aliphatic carbocycles. The molecule has 1 unspecified atom stereocenters. The van der Waals surface area contributed by atoms with Gasteiger partial charge in [0.15, 0.2) is 0 Å². The maximum Gasteiger partial charge on any atom is 0.304 e. The van der Waals surface area contributed by atoms with Gasteiger partial charge in [-0.2, -0.15) is 0 Å². The third-order valence-corrected chi connectivity index (χ3v) is 3.70. The van der Waals surface area contributed by atoms with Gasteiger partial charge in [0.2, 0.25) is 0 Å². The highest BCUT2D eigenvalue weighted by molar-refractivity contribution is 5.69. The number of hydrogen-bond donors (Lipinski definition) is 1. The Morgan fingerprint density at radius 3 is 2.67 bits per heavy atom. The minimum atomic E-state index is -0.890. The zero-order valence-electron chi connectivity index (χ0n) is 13.0. The van der Waals surface area contributed by atoms with Crippen molar-refractivity contribution < 1.29 is 19.2 Å². The first-order valence-corrected chi connectivity index (χ1v) is 7.61. The van der Waals surface area contributed by atoms with E-state index in [0.717, 1.165) is 11.1 Å². The van der Waals surface area contributed by atoms with Crippen molar-refractivity contribution >= 4 is 5.97 Å². The summed E-state index contributed by atoms with van der Waals surface area (Å²) in [6.07, 6.45) is 1.38. The number of carboxylic acids is 1. The number of rotatable bonds is 7. The Hall–Kier alpha value is -3.08.